The van der Waals surface area contributed by atoms with Gasteiger partial charge in [-0.3, -0.25) is 4.99 Å². The molecule has 0 aliphatic carbocycles. The minimum Gasteiger partial charge on any atom is -0.490 e. The second-order valence-electron chi connectivity index (χ2n) is 6.36. The van der Waals surface area contributed by atoms with Crippen LogP contribution in [0, 0.1) is 0 Å². The van der Waals surface area contributed by atoms with Crippen LogP contribution in [0.2, 0.25) is 0 Å². The molecular weight excluding hydrogens is 481 g/mol. The average molecular weight is 505 g/mol. The van der Waals surface area contributed by atoms with E-state index < -0.39 is 0 Å². The molecule has 0 unspecified atom stereocenters. The number of fused-ring (bicyclic) bond motifs is 1. The molecule has 0 atom stereocenters. The fraction of sp³-hybridized carbons (Fsp3) is 0.238. The van der Waals surface area contributed by atoms with Crippen LogP contribution in [0.15, 0.2) is 66.2 Å². The fourth-order valence-corrected chi connectivity index (χ4v) is 3.05. The first kappa shape index (κ1) is 21.0. The molecule has 29 heavy (non-hydrogen) atoms. The maximum Gasteiger partial charge on any atom is 0.195 e. The van der Waals surface area contributed by atoms with Gasteiger partial charge < -0.3 is 24.7 Å². The number of hydrogen-bond donors (Lipinski definition) is 2. The summed E-state index contributed by atoms with van der Waals surface area (Å²) in [4.78, 5) is 8.46. The maximum absolute atomic E-state index is 5.76. The molecule has 0 fully saturated rings. The summed E-state index contributed by atoms with van der Waals surface area (Å²) in [6.07, 6.45) is 6.39. The Morgan fingerprint density at radius 3 is 2.76 bits per heavy atom. The number of benzene rings is 2. The van der Waals surface area contributed by atoms with Crippen LogP contribution in [-0.4, -0.2) is 35.8 Å². The zero-order chi connectivity index (χ0) is 19.2. The Labute approximate surface area is 187 Å². The van der Waals surface area contributed by atoms with Crippen LogP contribution in [0.1, 0.15) is 12.0 Å². The Morgan fingerprint density at radius 2 is 1.97 bits per heavy atom. The number of nitrogens with one attached hydrogen (secondary N) is 2. The highest BCUT2D eigenvalue weighted by Crippen LogP contribution is 2.32. The number of hydrogen-bond acceptors (Lipinski definition) is 4. The summed E-state index contributed by atoms with van der Waals surface area (Å²) in [5.41, 5.74) is 3.11. The predicted molar refractivity (Wildman–Crippen MR) is 125 cm³/mol. The second kappa shape index (κ2) is 10.1. The largest absolute Gasteiger partial charge is 0.490 e. The number of halogens is 1. The third-order valence-corrected chi connectivity index (χ3v) is 4.45. The van der Waals surface area contributed by atoms with E-state index in [0.717, 1.165) is 34.9 Å². The normalized spacial score (nSPS) is 13.2. The third-order valence-electron chi connectivity index (χ3n) is 4.45. The lowest BCUT2D eigenvalue weighted by molar-refractivity contribution is 0.297. The molecule has 0 saturated heterocycles. The molecule has 2 heterocycles. The topological polar surface area (TPSA) is 72.7 Å². The number of ether oxygens (including phenoxy) is 2. The Balaban J connectivity index is 0.00000240. The van der Waals surface area contributed by atoms with Crippen LogP contribution in [0.25, 0.3) is 5.69 Å². The summed E-state index contributed by atoms with van der Waals surface area (Å²) in [6.45, 7) is 1.96. The first-order chi connectivity index (χ1) is 13.8. The van der Waals surface area contributed by atoms with E-state index in [0.29, 0.717) is 25.7 Å². The SMILES string of the molecule is CN=C(NCc1ccccc1-n1ccnc1)Nc1ccc2c(c1)OCCCO2.I. The van der Waals surface area contributed by atoms with Gasteiger partial charge in [0.15, 0.2) is 17.5 Å². The molecule has 0 bridgehead atoms. The molecule has 0 spiro atoms. The number of aliphatic imine (C=N–C) groups is 1. The maximum atomic E-state index is 5.76. The van der Waals surface area contributed by atoms with Crippen LogP contribution >= 0.6 is 24.0 Å². The molecule has 152 valence electrons. The monoisotopic (exact) mass is 505 g/mol. The summed E-state index contributed by atoms with van der Waals surface area (Å²) in [5, 5.41) is 6.67. The summed E-state index contributed by atoms with van der Waals surface area (Å²) in [7, 11) is 1.75. The number of imidazole rings is 1. The summed E-state index contributed by atoms with van der Waals surface area (Å²) >= 11 is 0. The molecule has 1 aromatic heterocycles. The zero-order valence-electron chi connectivity index (χ0n) is 16.2. The molecule has 7 nitrogen and oxygen atoms in total. The van der Waals surface area contributed by atoms with Crippen LogP contribution in [0.4, 0.5) is 5.69 Å². The van der Waals surface area contributed by atoms with Gasteiger partial charge in [0.25, 0.3) is 0 Å². The average Bonchev–Trinajstić information content (AvgIpc) is 3.17. The van der Waals surface area contributed by atoms with Crippen molar-refractivity contribution in [3.05, 3.63) is 66.7 Å². The van der Waals surface area contributed by atoms with Gasteiger partial charge in [0.1, 0.15) is 0 Å². The standard InChI is InChI=1S/C21H23N5O2.HI/c1-22-21(25-17-7-8-19-20(13-17)28-12-4-11-27-19)24-14-16-5-2-3-6-18(16)26-10-9-23-15-26;/h2-3,5-10,13,15H,4,11-12,14H2,1H3,(H2,22,24,25);1H. The molecule has 0 amide bonds. The van der Waals surface area contributed by atoms with E-state index in [1.165, 1.54) is 0 Å². The molecule has 2 N–H and O–H groups in total. The molecule has 1 aliphatic rings. The van der Waals surface area contributed by atoms with E-state index in [-0.39, 0.29) is 24.0 Å². The van der Waals surface area contributed by atoms with Crippen molar-refractivity contribution < 1.29 is 9.47 Å². The highest BCUT2D eigenvalue weighted by Gasteiger charge is 2.11. The molecule has 1 aliphatic heterocycles. The van der Waals surface area contributed by atoms with Gasteiger partial charge in [-0.1, -0.05) is 18.2 Å². The van der Waals surface area contributed by atoms with E-state index in [2.05, 4.69) is 32.7 Å². The number of rotatable bonds is 4. The summed E-state index contributed by atoms with van der Waals surface area (Å²) in [6, 6.07) is 14.0. The van der Waals surface area contributed by atoms with Crippen molar-refractivity contribution >= 4 is 35.6 Å². The van der Waals surface area contributed by atoms with E-state index in [9.17, 15) is 0 Å². The van der Waals surface area contributed by atoms with E-state index in [4.69, 9.17) is 9.47 Å². The highest BCUT2D eigenvalue weighted by atomic mass is 127. The van der Waals surface area contributed by atoms with Crippen LogP contribution < -0.4 is 20.1 Å². The van der Waals surface area contributed by atoms with E-state index >= 15 is 0 Å². The van der Waals surface area contributed by atoms with Crippen molar-refractivity contribution in [3.63, 3.8) is 0 Å². The minimum atomic E-state index is 0. The van der Waals surface area contributed by atoms with Crippen molar-refractivity contribution in [1.82, 2.24) is 14.9 Å². The van der Waals surface area contributed by atoms with E-state index in [1.807, 2.05) is 41.1 Å². The van der Waals surface area contributed by atoms with Crippen molar-refractivity contribution in [2.45, 2.75) is 13.0 Å². The summed E-state index contributed by atoms with van der Waals surface area (Å²) in [5.74, 6) is 2.21. The Morgan fingerprint density at radius 1 is 1.14 bits per heavy atom. The lowest BCUT2D eigenvalue weighted by Crippen LogP contribution is -2.30. The molecule has 3 aromatic rings. The molecule has 0 saturated carbocycles. The molecule has 8 heteroatoms. The van der Waals surface area contributed by atoms with Gasteiger partial charge in [0, 0.05) is 44.2 Å². The number of para-hydroxylation sites is 1. The smallest absolute Gasteiger partial charge is 0.195 e. The third kappa shape index (κ3) is 5.20. The van der Waals surface area contributed by atoms with E-state index in [1.54, 1.807) is 19.6 Å². The zero-order valence-corrected chi connectivity index (χ0v) is 18.5. The van der Waals surface area contributed by atoms with Crippen molar-refractivity contribution in [2.75, 3.05) is 25.6 Å². The lowest BCUT2D eigenvalue weighted by Gasteiger charge is -2.15. The van der Waals surface area contributed by atoms with Gasteiger partial charge in [0.2, 0.25) is 0 Å². The molecular formula is C21H24IN5O2. The first-order valence-electron chi connectivity index (χ1n) is 9.27. The number of nitrogens with zero attached hydrogens (tertiary/aromatic N) is 3. The van der Waals surface area contributed by atoms with Crippen LogP contribution in [0.5, 0.6) is 11.5 Å². The first-order valence-corrected chi connectivity index (χ1v) is 9.27. The van der Waals surface area contributed by atoms with Crippen LogP contribution in [-0.2, 0) is 6.54 Å². The predicted octanol–water partition coefficient (Wildman–Crippen LogP) is 3.84. The van der Waals surface area contributed by atoms with Crippen molar-refractivity contribution in [3.8, 4) is 17.2 Å². The van der Waals surface area contributed by atoms with Crippen molar-refractivity contribution in [2.24, 2.45) is 4.99 Å². The Bertz CT molecular complexity index is 959. The summed E-state index contributed by atoms with van der Waals surface area (Å²) < 4.78 is 13.4. The van der Waals surface area contributed by atoms with Gasteiger partial charge in [-0.15, -0.1) is 24.0 Å². The van der Waals surface area contributed by atoms with Crippen LogP contribution in [0.3, 0.4) is 0 Å². The van der Waals surface area contributed by atoms with Gasteiger partial charge in [-0.25, -0.2) is 4.98 Å². The fourth-order valence-electron chi connectivity index (χ4n) is 3.05. The molecule has 0 radical (unpaired) electrons. The number of anilines is 1. The molecule has 2 aromatic carbocycles. The lowest BCUT2D eigenvalue weighted by atomic mass is 10.1. The van der Waals surface area contributed by atoms with Crippen molar-refractivity contribution in [1.29, 1.82) is 0 Å². The molecule has 4 rings (SSSR count). The second-order valence-corrected chi connectivity index (χ2v) is 6.36. The number of aromatic nitrogens is 2. The van der Waals surface area contributed by atoms with Gasteiger partial charge in [-0.05, 0) is 23.8 Å². The Hall–Kier alpha value is -2.75. The highest BCUT2D eigenvalue weighted by molar-refractivity contribution is 14.0. The number of guanidine groups is 1. The van der Waals surface area contributed by atoms with Gasteiger partial charge >= 0.3 is 0 Å². The Kier molecular flexibility index (Phi) is 7.34. The van der Waals surface area contributed by atoms with Gasteiger partial charge in [0.05, 0.1) is 25.2 Å². The van der Waals surface area contributed by atoms with Gasteiger partial charge in [-0.2, -0.15) is 0 Å². The quantitative estimate of drug-likeness (QED) is 0.321. The minimum absolute atomic E-state index is 0.